The van der Waals surface area contributed by atoms with Gasteiger partial charge in [-0.25, -0.2) is 9.78 Å². The zero-order valence-electron chi connectivity index (χ0n) is 27.8. The molecule has 2 fully saturated rings. The van der Waals surface area contributed by atoms with Crippen molar-refractivity contribution in [1.82, 2.24) is 14.1 Å². The largest absolute Gasteiger partial charge is 0.494 e. The van der Waals surface area contributed by atoms with Crippen LogP contribution in [-0.4, -0.2) is 72.1 Å². The fourth-order valence-corrected chi connectivity index (χ4v) is 14.4. The second kappa shape index (κ2) is 11.7. The molecule has 2 aliphatic rings. The number of hydrogen-bond donors (Lipinski definition) is 1. The highest BCUT2D eigenvalue weighted by Gasteiger charge is 2.51. The van der Waals surface area contributed by atoms with E-state index in [1.807, 2.05) is 6.20 Å². The summed E-state index contributed by atoms with van der Waals surface area (Å²) in [5, 5.41) is 11.0. The number of carboxylic acid groups (broad SMARTS) is 1. The number of carbonyl (C=O) groups is 1. The van der Waals surface area contributed by atoms with Crippen LogP contribution in [0.15, 0.2) is 24.4 Å². The number of piperidine rings is 1. The lowest BCUT2D eigenvalue weighted by Gasteiger charge is -2.44. The Balaban J connectivity index is 2.01. The van der Waals surface area contributed by atoms with E-state index < -0.39 is 32.6 Å². The zero-order valence-corrected chi connectivity index (χ0v) is 28.8. The van der Waals surface area contributed by atoms with E-state index in [1.165, 1.54) is 4.90 Å². The van der Waals surface area contributed by atoms with Crippen LogP contribution >= 0.6 is 0 Å². The molecule has 4 rings (SSSR count). The van der Waals surface area contributed by atoms with Gasteiger partial charge in [-0.3, -0.25) is 0 Å². The summed E-state index contributed by atoms with van der Waals surface area (Å²) in [6.45, 7) is 25.5. The lowest BCUT2D eigenvalue weighted by Crippen LogP contribution is -2.51. The number of hydrogen-bond acceptors (Lipinski definition) is 5. The summed E-state index contributed by atoms with van der Waals surface area (Å²) < 4.78 is 21.5. The Morgan fingerprint density at radius 3 is 2.19 bits per heavy atom. The van der Waals surface area contributed by atoms with Crippen molar-refractivity contribution in [2.24, 2.45) is 11.8 Å². The summed E-state index contributed by atoms with van der Waals surface area (Å²) >= 11 is 0. The van der Waals surface area contributed by atoms with Gasteiger partial charge in [0.25, 0.3) is 0 Å². The van der Waals surface area contributed by atoms with Crippen molar-refractivity contribution in [2.75, 3.05) is 20.2 Å². The van der Waals surface area contributed by atoms with Gasteiger partial charge in [-0.1, -0.05) is 48.5 Å². The third-order valence-electron chi connectivity index (χ3n) is 10.6. The molecule has 0 bridgehead atoms. The summed E-state index contributed by atoms with van der Waals surface area (Å²) in [6.07, 6.45) is 3.97. The van der Waals surface area contributed by atoms with Crippen molar-refractivity contribution in [3.63, 3.8) is 0 Å². The number of aromatic nitrogens is 2. The number of pyridine rings is 1. The van der Waals surface area contributed by atoms with Gasteiger partial charge in [0.15, 0.2) is 8.24 Å². The summed E-state index contributed by atoms with van der Waals surface area (Å²) in [5.74, 6) is 2.93. The Hall–Kier alpha value is -2.30. The quantitative estimate of drug-likeness (QED) is 0.314. The Labute approximate surface area is 254 Å². The van der Waals surface area contributed by atoms with Crippen molar-refractivity contribution in [3.8, 4) is 5.75 Å². The van der Waals surface area contributed by atoms with Crippen molar-refractivity contribution >= 4 is 38.1 Å². The molecule has 2 aromatic heterocycles. The molecule has 0 saturated carbocycles. The molecule has 0 radical (unpaired) electrons. The fraction of sp³-hybridized carbons (Fsp3) is 0.688. The molecule has 42 heavy (non-hydrogen) atoms. The molecular weight excluding hydrogens is 545 g/mol. The summed E-state index contributed by atoms with van der Waals surface area (Å²) in [7, 11) is -0.997. The average Bonchev–Trinajstić information content (AvgIpc) is 3.39. The van der Waals surface area contributed by atoms with Crippen LogP contribution in [-0.2, 0) is 9.31 Å². The first-order valence-electron chi connectivity index (χ1n) is 15.6. The Bertz CT molecular complexity index is 1300. The topological polar surface area (TPSA) is 86.1 Å². The molecule has 0 aromatic carbocycles. The van der Waals surface area contributed by atoms with E-state index in [-0.39, 0.29) is 11.8 Å². The first kappa shape index (κ1) is 32.6. The Morgan fingerprint density at radius 2 is 1.69 bits per heavy atom. The number of methoxy groups -OCH3 is 1. The second-order valence-corrected chi connectivity index (χ2v) is 20.0. The molecule has 2 aromatic rings. The summed E-state index contributed by atoms with van der Waals surface area (Å²) in [6, 6.07) is 2.19. The molecule has 2 saturated heterocycles. The smallest absolute Gasteiger partial charge is 0.487 e. The van der Waals surface area contributed by atoms with E-state index in [0.717, 1.165) is 28.6 Å². The van der Waals surface area contributed by atoms with Crippen LogP contribution in [0.3, 0.4) is 0 Å². The van der Waals surface area contributed by atoms with Gasteiger partial charge in [-0.15, -0.1) is 0 Å². The number of amides is 1. The van der Waals surface area contributed by atoms with Gasteiger partial charge in [0.1, 0.15) is 11.4 Å². The number of likely N-dealkylation sites (tertiary alicyclic amines) is 1. The fourth-order valence-electron chi connectivity index (χ4n) is 7.81. The minimum absolute atomic E-state index is 0.0703. The van der Waals surface area contributed by atoms with Gasteiger partial charge in [0.2, 0.25) is 0 Å². The number of nitrogens with zero attached hydrogens (tertiary/aromatic N) is 3. The third-order valence-corrected chi connectivity index (χ3v) is 17.3. The summed E-state index contributed by atoms with van der Waals surface area (Å²) in [4.78, 5) is 18.7. The van der Waals surface area contributed by atoms with Crippen molar-refractivity contribution < 1.29 is 23.9 Å². The van der Waals surface area contributed by atoms with Gasteiger partial charge in [0.05, 0.1) is 24.5 Å². The van der Waals surface area contributed by atoms with Gasteiger partial charge >= 0.3 is 13.2 Å². The first-order valence-corrected chi connectivity index (χ1v) is 17.8. The van der Waals surface area contributed by atoms with E-state index in [0.29, 0.717) is 35.5 Å². The SMILES string of the molecule is COc1cnc2c(ccn2[Si](C(C)C)(C(C)C)C(C)C)c1/C(=C\B1OC(C)(C)C(C)(C)O1)[C@@H]1CN(C(=O)O)CC[C@@H]1C. The van der Waals surface area contributed by atoms with Crippen LogP contribution in [0.1, 0.15) is 88.1 Å². The van der Waals surface area contributed by atoms with E-state index in [1.54, 1.807) is 7.11 Å². The van der Waals surface area contributed by atoms with E-state index in [9.17, 15) is 9.90 Å². The van der Waals surface area contributed by atoms with Gasteiger partial charge in [-0.2, -0.15) is 0 Å². The molecule has 1 amide bonds. The van der Waals surface area contributed by atoms with E-state index >= 15 is 0 Å². The van der Waals surface area contributed by atoms with Gasteiger partial charge in [0, 0.05) is 30.0 Å². The minimum atomic E-state index is -2.10. The molecule has 0 spiro atoms. The van der Waals surface area contributed by atoms with Crippen LogP contribution in [0.2, 0.25) is 16.6 Å². The third kappa shape index (κ3) is 5.32. The lowest BCUT2D eigenvalue weighted by molar-refractivity contribution is 0.00578. The van der Waals surface area contributed by atoms with E-state index in [4.69, 9.17) is 19.0 Å². The summed E-state index contributed by atoms with van der Waals surface area (Å²) in [5.41, 5.74) is 3.43. The molecule has 0 aliphatic carbocycles. The van der Waals surface area contributed by atoms with Crippen molar-refractivity contribution in [3.05, 3.63) is 30.0 Å². The normalized spacial score (nSPS) is 23.1. The number of rotatable bonds is 8. The number of ether oxygens (including phenoxy) is 1. The highest BCUT2D eigenvalue weighted by molar-refractivity contribution is 6.82. The Morgan fingerprint density at radius 1 is 1.12 bits per heavy atom. The molecular formula is C32H52BN3O5Si. The highest BCUT2D eigenvalue weighted by Crippen LogP contribution is 2.47. The zero-order chi connectivity index (χ0) is 31.4. The van der Waals surface area contributed by atoms with Crippen LogP contribution < -0.4 is 4.74 Å². The molecule has 4 heterocycles. The van der Waals surface area contributed by atoms with Crippen LogP contribution in [0.25, 0.3) is 16.6 Å². The number of fused-ring (bicyclic) bond motifs is 1. The maximum Gasteiger partial charge on any atom is 0.487 e. The minimum Gasteiger partial charge on any atom is -0.494 e. The molecule has 2 aliphatic heterocycles. The van der Waals surface area contributed by atoms with Crippen LogP contribution in [0.5, 0.6) is 5.75 Å². The first-order chi connectivity index (χ1) is 19.5. The van der Waals surface area contributed by atoms with Crippen LogP contribution in [0, 0.1) is 11.8 Å². The maximum atomic E-state index is 12.1. The Kier molecular flexibility index (Phi) is 9.05. The molecule has 2 atom stereocenters. The predicted octanol–water partition coefficient (Wildman–Crippen LogP) is 7.72. The maximum absolute atomic E-state index is 12.1. The molecule has 8 nitrogen and oxygen atoms in total. The standard InChI is InChI=1S/C32H52BN3O5Si/c1-20(2)42(21(3)4,22(5)6)36-16-14-24-28(27(39-12)18-34-29(24)36)25(17-33-40-31(8,9)32(10,11)41-33)26-19-35(30(37)38)15-13-23(26)7/h14,16-18,20-23,26H,13,15,19H2,1-12H3,(H,37,38)/b25-17-/t23-,26+/m0/s1. The lowest BCUT2D eigenvalue weighted by atomic mass is 9.73. The van der Waals surface area contributed by atoms with Gasteiger partial charge in [-0.05, 0) is 80.5 Å². The highest BCUT2D eigenvalue weighted by atomic mass is 28.3. The molecule has 232 valence electrons. The van der Waals surface area contributed by atoms with Crippen LogP contribution in [0.4, 0.5) is 4.79 Å². The molecule has 0 unspecified atom stereocenters. The van der Waals surface area contributed by atoms with Gasteiger partial charge < -0.3 is 28.3 Å². The molecule has 1 N–H and O–H groups in total. The van der Waals surface area contributed by atoms with Crippen molar-refractivity contribution in [1.29, 1.82) is 0 Å². The predicted molar refractivity (Wildman–Crippen MR) is 174 cm³/mol. The average molecular weight is 598 g/mol. The molecule has 10 heteroatoms. The van der Waals surface area contributed by atoms with E-state index in [2.05, 4.69) is 98.6 Å². The monoisotopic (exact) mass is 597 g/mol. The second-order valence-electron chi connectivity index (χ2n) is 14.3. The van der Waals surface area contributed by atoms with Crippen molar-refractivity contribution in [2.45, 2.75) is 110 Å².